The lowest BCUT2D eigenvalue weighted by molar-refractivity contribution is 0.127. The maximum Gasteiger partial charge on any atom is 0.164 e. The van der Waals surface area contributed by atoms with E-state index in [0.717, 1.165) is 6.07 Å². The van der Waals surface area contributed by atoms with Gasteiger partial charge in [-0.2, -0.15) is 10.2 Å². The quantitative estimate of drug-likeness (QED) is 0.746. The van der Waals surface area contributed by atoms with E-state index in [2.05, 4.69) is 20.2 Å². The summed E-state index contributed by atoms with van der Waals surface area (Å²) in [6.07, 6.45) is 5.31. The van der Waals surface area contributed by atoms with Crippen LogP contribution in [0.1, 0.15) is 5.56 Å². The molecule has 0 radical (unpaired) electrons. The van der Waals surface area contributed by atoms with Gasteiger partial charge in [0.05, 0.1) is 13.2 Å². The van der Waals surface area contributed by atoms with E-state index in [1.807, 2.05) is 0 Å². The number of benzene rings is 1. The molecule has 114 valence electrons. The Bertz CT molecular complexity index is 746. The SMILES string of the molecule is OCC(Cn1cncn1)(c1cccc(F)c1F)n1cncn1. The minimum Gasteiger partial charge on any atom is -0.393 e. The van der Waals surface area contributed by atoms with E-state index >= 15 is 0 Å². The van der Waals surface area contributed by atoms with Crippen LogP contribution in [0.25, 0.3) is 0 Å². The minimum absolute atomic E-state index is 0.00718. The molecule has 0 saturated heterocycles. The summed E-state index contributed by atoms with van der Waals surface area (Å²) in [5, 5.41) is 17.9. The van der Waals surface area contributed by atoms with Crippen LogP contribution >= 0.6 is 0 Å². The van der Waals surface area contributed by atoms with Crippen molar-refractivity contribution < 1.29 is 13.9 Å². The predicted molar refractivity (Wildman–Crippen MR) is 70.6 cm³/mol. The van der Waals surface area contributed by atoms with Crippen LogP contribution in [0.4, 0.5) is 8.78 Å². The Hall–Kier alpha value is -2.68. The molecule has 1 unspecified atom stereocenters. The third-order valence-corrected chi connectivity index (χ3v) is 3.46. The van der Waals surface area contributed by atoms with Crippen molar-refractivity contribution in [3.63, 3.8) is 0 Å². The highest BCUT2D eigenvalue weighted by molar-refractivity contribution is 5.28. The van der Waals surface area contributed by atoms with Gasteiger partial charge in [0, 0.05) is 5.56 Å². The number of nitrogens with zero attached hydrogens (tertiary/aromatic N) is 6. The minimum atomic E-state index is -1.39. The highest BCUT2D eigenvalue weighted by Gasteiger charge is 2.39. The zero-order chi connectivity index (χ0) is 15.6. The largest absolute Gasteiger partial charge is 0.393 e. The van der Waals surface area contributed by atoms with Gasteiger partial charge in [-0.25, -0.2) is 23.4 Å². The summed E-state index contributed by atoms with van der Waals surface area (Å²) in [7, 11) is 0. The van der Waals surface area contributed by atoms with E-state index in [9.17, 15) is 13.9 Å². The molecule has 0 aliphatic carbocycles. The van der Waals surface area contributed by atoms with Crippen LogP contribution in [-0.4, -0.2) is 41.2 Å². The first-order chi connectivity index (χ1) is 10.7. The predicted octanol–water partition coefficient (Wildman–Crippen LogP) is 0.584. The summed E-state index contributed by atoms with van der Waals surface area (Å²) >= 11 is 0. The average Bonchev–Trinajstić information content (AvgIpc) is 3.21. The lowest BCUT2D eigenvalue weighted by Crippen LogP contribution is -2.44. The highest BCUT2D eigenvalue weighted by atomic mass is 19.2. The molecular formula is C13H12F2N6O. The maximum atomic E-state index is 14.3. The molecule has 0 spiro atoms. The van der Waals surface area contributed by atoms with Crippen LogP contribution in [0, 0.1) is 11.6 Å². The van der Waals surface area contributed by atoms with Gasteiger partial charge in [-0.1, -0.05) is 12.1 Å². The highest BCUT2D eigenvalue weighted by Crippen LogP contribution is 2.30. The molecule has 0 aliphatic rings. The van der Waals surface area contributed by atoms with E-state index in [0.29, 0.717) is 0 Å². The second kappa shape index (κ2) is 5.60. The number of halogens is 2. The molecule has 9 heteroatoms. The lowest BCUT2D eigenvalue weighted by atomic mass is 9.90. The van der Waals surface area contributed by atoms with E-state index in [-0.39, 0.29) is 12.1 Å². The summed E-state index contributed by atoms with van der Waals surface area (Å²) in [5.74, 6) is -2.05. The van der Waals surface area contributed by atoms with Crippen molar-refractivity contribution in [2.24, 2.45) is 0 Å². The number of rotatable bonds is 5. The molecule has 3 rings (SSSR count). The Labute approximate surface area is 123 Å². The van der Waals surface area contributed by atoms with Crippen LogP contribution in [-0.2, 0) is 12.1 Å². The Morgan fingerprint density at radius 1 is 1.09 bits per heavy atom. The maximum absolute atomic E-state index is 14.3. The van der Waals surface area contributed by atoms with E-state index in [1.165, 1.54) is 46.8 Å². The van der Waals surface area contributed by atoms with E-state index in [1.54, 1.807) is 0 Å². The zero-order valence-electron chi connectivity index (χ0n) is 11.3. The van der Waals surface area contributed by atoms with Gasteiger partial charge in [0.25, 0.3) is 0 Å². The van der Waals surface area contributed by atoms with Crippen LogP contribution < -0.4 is 0 Å². The summed E-state index contributed by atoms with van der Waals surface area (Å²) in [5.41, 5.74) is -1.44. The molecule has 2 aromatic heterocycles. The first-order valence-electron chi connectivity index (χ1n) is 6.40. The topological polar surface area (TPSA) is 81.6 Å². The number of hydrogen-bond donors (Lipinski definition) is 1. The van der Waals surface area contributed by atoms with Gasteiger partial charge in [0.15, 0.2) is 11.6 Å². The van der Waals surface area contributed by atoms with Crippen molar-refractivity contribution in [1.82, 2.24) is 29.5 Å². The fourth-order valence-corrected chi connectivity index (χ4v) is 2.36. The van der Waals surface area contributed by atoms with Gasteiger partial charge in [0.2, 0.25) is 0 Å². The second-order valence-electron chi connectivity index (χ2n) is 4.72. The number of aromatic nitrogens is 6. The Morgan fingerprint density at radius 3 is 2.50 bits per heavy atom. The fourth-order valence-electron chi connectivity index (χ4n) is 2.36. The van der Waals surface area contributed by atoms with Gasteiger partial charge in [-0.05, 0) is 6.07 Å². The van der Waals surface area contributed by atoms with Crippen molar-refractivity contribution >= 4 is 0 Å². The van der Waals surface area contributed by atoms with Crippen molar-refractivity contribution in [1.29, 1.82) is 0 Å². The first-order valence-corrected chi connectivity index (χ1v) is 6.40. The third-order valence-electron chi connectivity index (χ3n) is 3.46. The average molecular weight is 306 g/mol. The fraction of sp³-hybridized carbons (Fsp3) is 0.231. The summed E-state index contributed by atoms with van der Waals surface area (Å²) in [6, 6.07) is 3.78. The van der Waals surface area contributed by atoms with Gasteiger partial charge in [-0.3, -0.25) is 4.68 Å². The summed E-state index contributed by atoms with van der Waals surface area (Å²) < 4.78 is 30.6. The molecule has 0 amide bonds. The molecule has 1 atom stereocenters. The Kier molecular flexibility index (Phi) is 3.63. The van der Waals surface area contributed by atoms with Crippen LogP contribution in [0.3, 0.4) is 0 Å². The molecule has 0 fully saturated rings. The van der Waals surface area contributed by atoms with Crippen molar-refractivity contribution in [3.05, 3.63) is 60.7 Å². The van der Waals surface area contributed by atoms with Crippen molar-refractivity contribution in [2.75, 3.05) is 6.61 Å². The first kappa shape index (κ1) is 14.3. The monoisotopic (exact) mass is 306 g/mol. The summed E-state index contributed by atoms with van der Waals surface area (Å²) in [6.45, 7) is -0.524. The standard InChI is InChI=1S/C13H12F2N6O/c14-11-3-1-2-10(12(11)15)13(5-22,21-9-17-7-19-21)4-20-8-16-6-18-20/h1-3,6-9,22H,4-5H2. The smallest absolute Gasteiger partial charge is 0.164 e. The Balaban J connectivity index is 2.19. The number of aliphatic hydroxyl groups is 1. The molecule has 2 heterocycles. The third kappa shape index (κ3) is 2.25. The molecule has 0 saturated carbocycles. The van der Waals surface area contributed by atoms with Gasteiger partial charge >= 0.3 is 0 Å². The lowest BCUT2D eigenvalue weighted by Gasteiger charge is -2.32. The normalized spacial score (nSPS) is 14.0. The van der Waals surface area contributed by atoms with Crippen molar-refractivity contribution in [3.8, 4) is 0 Å². The van der Waals surface area contributed by atoms with Crippen LogP contribution in [0.2, 0.25) is 0 Å². The molecule has 0 bridgehead atoms. The second-order valence-corrected chi connectivity index (χ2v) is 4.72. The van der Waals surface area contributed by atoms with E-state index in [4.69, 9.17) is 0 Å². The number of aliphatic hydroxyl groups excluding tert-OH is 1. The van der Waals surface area contributed by atoms with Gasteiger partial charge in [-0.15, -0.1) is 0 Å². The molecule has 3 aromatic rings. The molecular weight excluding hydrogens is 294 g/mol. The molecule has 22 heavy (non-hydrogen) atoms. The van der Waals surface area contributed by atoms with Crippen molar-refractivity contribution in [2.45, 2.75) is 12.1 Å². The molecule has 7 nitrogen and oxygen atoms in total. The van der Waals surface area contributed by atoms with Crippen LogP contribution in [0.15, 0.2) is 43.5 Å². The summed E-state index contributed by atoms with van der Waals surface area (Å²) in [4.78, 5) is 7.63. The molecule has 1 aromatic carbocycles. The Morgan fingerprint density at radius 2 is 1.86 bits per heavy atom. The zero-order valence-corrected chi connectivity index (χ0v) is 11.3. The van der Waals surface area contributed by atoms with Gasteiger partial charge in [0.1, 0.15) is 30.8 Å². The van der Waals surface area contributed by atoms with Gasteiger partial charge < -0.3 is 5.11 Å². The van der Waals surface area contributed by atoms with Crippen LogP contribution in [0.5, 0.6) is 0 Å². The van der Waals surface area contributed by atoms with E-state index < -0.39 is 23.8 Å². The molecule has 0 aliphatic heterocycles. The number of hydrogen-bond acceptors (Lipinski definition) is 5. The molecule has 1 N–H and O–H groups in total.